The summed E-state index contributed by atoms with van der Waals surface area (Å²) in [6, 6.07) is 31.2. The van der Waals surface area contributed by atoms with Gasteiger partial charge in [-0.3, -0.25) is 0 Å². The van der Waals surface area contributed by atoms with Gasteiger partial charge in [0.05, 0.1) is 0 Å². The molecule has 0 bridgehead atoms. The van der Waals surface area contributed by atoms with Gasteiger partial charge in [-0.1, -0.05) is 83.4 Å². The number of benzene rings is 2. The zero-order chi connectivity index (χ0) is 28.2. The Morgan fingerprint density at radius 2 is 0.902 bits per heavy atom. The van der Waals surface area contributed by atoms with E-state index in [9.17, 15) is 0 Å². The molecule has 0 aliphatic heterocycles. The summed E-state index contributed by atoms with van der Waals surface area (Å²) in [4.78, 5) is 8.86. The fraction of sp³-hybridized carbons (Fsp3) is 0.167. The molecule has 4 heterocycles. The first-order valence-corrected chi connectivity index (χ1v) is 13.5. The smallest absolute Gasteiger partial charge is 0.391 e. The van der Waals surface area contributed by atoms with Crippen LogP contribution >= 0.6 is 0 Å². The van der Waals surface area contributed by atoms with Crippen molar-refractivity contribution in [2.75, 3.05) is 0 Å². The molecule has 0 spiro atoms. The Labute approximate surface area is 258 Å². The molecule has 6 aromatic rings. The molecule has 41 heavy (non-hydrogen) atoms. The van der Waals surface area contributed by atoms with E-state index in [1.807, 2.05) is 60.9 Å². The summed E-state index contributed by atoms with van der Waals surface area (Å²) in [6.45, 7) is 12.9. The van der Waals surface area contributed by atoms with Gasteiger partial charge in [0.15, 0.2) is 0 Å². The molecule has 0 saturated heterocycles. The Kier molecular flexibility index (Phi) is 9.57. The predicted octanol–water partition coefficient (Wildman–Crippen LogP) is 8.53. The van der Waals surface area contributed by atoms with E-state index in [1.54, 1.807) is 0 Å². The van der Waals surface area contributed by atoms with Gasteiger partial charge < -0.3 is 19.1 Å². The molecule has 0 fully saturated rings. The first-order valence-electron chi connectivity index (χ1n) is 13.5. The molecule has 0 aliphatic carbocycles. The molecule has 0 radical (unpaired) electrons. The molecule has 5 heteroatoms. The third-order valence-electron chi connectivity index (χ3n) is 6.94. The maximum atomic E-state index is 4.43. The summed E-state index contributed by atoms with van der Waals surface area (Å²) in [5.41, 5.74) is 14.0. The van der Waals surface area contributed by atoms with Gasteiger partial charge >= 0.3 is 21.1 Å². The minimum atomic E-state index is 0. The zero-order valence-corrected chi connectivity index (χ0v) is 26.6. The van der Waals surface area contributed by atoms with Crippen molar-refractivity contribution in [2.45, 2.75) is 41.5 Å². The number of hydrogen-bond donors (Lipinski definition) is 0. The Balaban J connectivity index is 0.000000184. The summed E-state index contributed by atoms with van der Waals surface area (Å²) >= 11 is 0. The number of pyridine rings is 2. The monoisotopic (exact) mass is 717 g/mol. The van der Waals surface area contributed by atoms with Crippen molar-refractivity contribution in [2.24, 2.45) is 0 Å². The van der Waals surface area contributed by atoms with Gasteiger partial charge in [0.2, 0.25) is 0 Å². The van der Waals surface area contributed by atoms with Crippen molar-refractivity contribution < 1.29 is 21.1 Å². The standard InChI is InChI=1S/2C18H17N2.Pt/c2*1-13-11-14(2)18(15(3)12-13)20-10-6-8-17(20)16-7-4-5-9-19-16;/h2*4-7,9-12H,1-3H3;/q2*-1;+2. The first kappa shape index (κ1) is 30.0. The number of nitrogens with zero attached hydrogens (tertiary/aromatic N) is 4. The molecule has 0 N–H and O–H groups in total. The third kappa shape index (κ3) is 6.50. The van der Waals surface area contributed by atoms with E-state index in [1.165, 1.54) is 44.8 Å². The number of aromatic nitrogens is 4. The summed E-state index contributed by atoms with van der Waals surface area (Å²) in [6.07, 6.45) is 7.73. The van der Waals surface area contributed by atoms with Crippen molar-refractivity contribution in [3.05, 3.63) is 143 Å². The summed E-state index contributed by atoms with van der Waals surface area (Å²) < 4.78 is 4.35. The van der Waals surface area contributed by atoms with Crippen molar-refractivity contribution in [1.82, 2.24) is 19.1 Å². The molecule has 0 aliphatic rings. The van der Waals surface area contributed by atoms with Gasteiger partial charge in [-0.05, 0) is 87.3 Å². The Hall–Kier alpha value is -4.01. The van der Waals surface area contributed by atoms with Gasteiger partial charge in [0.1, 0.15) is 0 Å². The average molecular weight is 718 g/mol. The fourth-order valence-corrected chi connectivity index (χ4v) is 5.55. The van der Waals surface area contributed by atoms with Crippen LogP contribution in [0.3, 0.4) is 0 Å². The van der Waals surface area contributed by atoms with Crippen LogP contribution in [0.15, 0.2) is 97.6 Å². The zero-order valence-electron chi connectivity index (χ0n) is 24.3. The van der Waals surface area contributed by atoms with Crippen molar-refractivity contribution in [3.63, 3.8) is 0 Å². The van der Waals surface area contributed by atoms with Crippen LogP contribution in [0.5, 0.6) is 0 Å². The summed E-state index contributed by atoms with van der Waals surface area (Å²) in [5.74, 6) is 0. The molecule has 4 aromatic heterocycles. The van der Waals surface area contributed by atoms with Gasteiger partial charge in [0, 0.05) is 23.8 Å². The van der Waals surface area contributed by atoms with E-state index < -0.39 is 0 Å². The second-order valence-corrected chi connectivity index (χ2v) is 10.3. The first-order chi connectivity index (χ1) is 19.3. The van der Waals surface area contributed by atoms with Crippen LogP contribution in [-0.2, 0) is 21.1 Å². The van der Waals surface area contributed by atoms with E-state index in [0.717, 1.165) is 22.8 Å². The number of hydrogen-bond acceptors (Lipinski definition) is 2. The largest absolute Gasteiger partial charge is 2.00 e. The van der Waals surface area contributed by atoms with Gasteiger partial charge in [0.25, 0.3) is 0 Å². The van der Waals surface area contributed by atoms with Crippen LogP contribution in [-0.4, -0.2) is 19.1 Å². The second kappa shape index (κ2) is 13.1. The van der Waals surface area contributed by atoms with E-state index in [-0.39, 0.29) is 21.1 Å². The van der Waals surface area contributed by atoms with E-state index in [4.69, 9.17) is 0 Å². The second-order valence-electron chi connectivity index (χ2n) is 10.3. The van der Waals surface area contributed by atoms with Gasteiger partial charge in [-0.2, -0.15) is 24.3 Å². The normalized spacial score (nSPS) is 10.5. The predicted molar refractivity (Wildman–Crippen MR) is 164 cm³/mol. The minimum Gasteiger partial charge on any atom is -0.391 e. The molecule has 4 nitrogen and oxygen atoms in total. The van der Waals surface area contributed by atoms with Crippen LogP contribution in [0.2, 0.25) is 0 Å². The minimum absolute atomic E-state index is 0. The third-order valence-corrected chi connectivity index (χ3v) is 6.94. The topological polar surface area (TPSA) is 35.6 Å². The Morgan fingerprint density at radius 1 is 0.537 bits per heavy atom. The summed E-state index contributed by atoms with van der Waals surface area (Å²) in [5, 5.41) is 0. The van der Waals surface area contributed by atoms with Crippen LogP contribution in [0.1, 0.15) is 33.4 Å². The van der Waals surface area contributed by atoms with Gasteiger partial charge in [-0.25, -0.2) is 0 Å². The maximum absolute atomic E-state index is 4.43. The molecule has 0 atom stereocenters. The van der Waals surface area contributed by atoms with E-state index in [0.29, 0.717) is 0 Å². The molecular formula is C36H34N4Pt. The quantitative estimate of drug-likeness (QED) is 0.172. The molecule has 208 valence electrons. The van der Waals surface area contributed by atoms with Crippen molar-refractivity contribution in [1.29, 1.82) is 0 Å². The summed E-state index contributed by atoms with van der Waals surface area (Å²) in [7, 11) is 0. The Bertz CT molecular complexity index is 1570. The average Bonchev–Trinajstić information content (AvgIpc) is 3.60. The molecule has 6 rings (SSSR count). The van der Waals surface area contributed by atoms with Crippen LogP contribution in [0.25, 0.3) is 34.2 Å². The number of rotatable bonds is 4. The SMILES string of the molecule is Cc1cc(C)c(-n2cc[c-]c2-c2ccccn2)c(C)c1.Cc1cc(C)c(-n2cc[c-]c2-c2ccccn2)c(C)c1.[Pt+2]. The van der Waals surface area contributed by atoms with E-state index in [2.05, 4.69) is 109 Å². The molecule has 0 amide bonds. The molecule has 0 unspecified atom stereocenters. The van der Waals surface area contributed by atoms with Crippen LogP contribution < -0.4 is 0 Å². The Morgan fingerprint density at radius 3 is 1.22 bits per heavy atom. The van der Waals surface area contributed by atoms with Crippen LogP contribution in [0, 0.1) is 53.7 Å². The van der Waals surface area contributed by atoms with Gasteiger partial charge in [-0.15, -0.1) is 0 Å². The number of aryl methyl sites for hydroxylation is 6. The van der Waals surface area contributed by atoms with Crippen LogP contribution in [0.4, 0.5) is 0 Å². The fourth-order valence-electron chi connectivity index (χ4n) is 5.55. The maximum Gasteiger partial charge on any atom is 2.00 e. The molecule has 0 saturated carbocycles. The molecular weight excluding hydrogens is 684 g/mol. The van der Waals surface area contributed by atoms with E-state index >= 15 is 0 Å². The van der Waals surface area contributed by atoms with Crippen molar-refractivity contribution >= 4 is 0 Å². The molecule has 2 aromatic carbocycles. The van der Waals surface area contributed by atoms with Crippen molar-refractivity contribution in [3.8, 4) is 34.2 Å².